The molecule has 1 aliphatic heterocycles. The van der Waals surface area contributed by atoms with Gasteiger partial charge in [-0.25, -0.2) is 0 Å². The normalized spacial score (nSPS) is 14.8. The Bertz CT molecular complexity index is 899. The number of carbonyl (C=O) groups is 1. The van der Waals surface area contributed by atoms with Crippen molar-refractivity contribution in [3.63, 3.8) is 0 Å². The van der Waals surface area contributed by atoms with Gasteiger partial charge in [0.1, 0.15) is 12.1 Å². The fraction of sp³-hybridized carbons (Fsp3) is 0.278. The molecule has 128 valence electrons. The fourth-order valence-electron chi connectivity index (χ4n) is 3.18. The van der Waals surface area contributed by atoms with Crippen molar-refractivity contribution in [1.82, 2.24) is 19.5 Å². The second kappa shape index (κ2) is 6.43. The van der Waals surface area contributed by atoms with Crippen molar-refractivity contribution in [3.05, 3.63) is 54.5 Å². The molecule has 1 fully saturated rings. The molecule has 1 saturated heterocycles. The fourth-order valence-corrected chi connectivity index (χ4v) is 3.18. The van der Waals surface area contributed by atoms with Crippen LogP contribution in [0.15, 0.2) is 48.9 Å². The smallest absolute Gasteiger partial charge is 0.255 e. The number of amides is 1. The number of para-hydroxylation sites is 2. The highest BCUT2D eigenvalue weighted by Crippen LogP contribution is 2.28. The number of hydrogen-bond donors (Lipinski definition) is 0. The third-order valence-corrected chi connectivity index (χ3v) is 4.53. The average molecular weight is 337 g/mol. The largest absolute Gasteiger partial charge is 0.495 e. The summed E-state index contributed by atoms with van der Waals surface area (Å²) < 4.78 is 7.20. The van der Waals surface area contributed by atoms with Crippen molar-refractivity contribution in [1.29, 1.82) is 0 Å². The van der Waals surface area contributed by atoms with Crippen LogP contribution in [0.4, 0.5) is 5.69 Å². The lowest BCUT2D eigenvalue weighted by Gasteiger charge is -2.36. The Morgan fingerprint density at radius 2 is 1.88 bits per heavy atom. The van der Waals surface area contributed by atoms with E-state index in [9.17, 15) is 4.79 Å². The van der Waals surface area contributed by atoms with Gasteiger partial charge in [0, 0.05) is 32.4 Å². The summed E-state index contributed by atoms with van der Waals surface area (Å²) in [5.41, 5.74) is 2.46. The van der Waals surface area contributed by atoms with Crippen LogP contribution in [0.25, 0.3) is 5.65 Å². The number of rotatable bonds is 3. The van der Waals surface area contributed by atoms with Crippen LogP contribution >= 0.6 is 0 Å². The summed E-state index contributed by atoms with van der Waals surface area (Å²) in [4.78, 5) is 16.9. The van der Waals surface area contributed by atoms with Crippen LogP contribution in [0.2, 0.25) is 0 Å². The summed E-state index contributed by atoms with van der Waals surface area (Å²) in [6.07, 6.45) is 3.38. The Balaban J connectivity index is 1.46. The monoisotopic (exact) mass is 337 g/mol. The zero-order valence-corrected chi connectivity index (χ0v) is 14.0. The van der Waals surface area contributed by atoms with E-state index in [1.54, 1.807) is 30.1 Å². The molecule has 3 aromatic rings. The number of piperazine rings is 1. The minimum Gasteiger partial charge on any atom is -0.495 e. The van der Waals surface area contributed by atoms with E-state index in [2.05, 4.69) is 21.2 Å². The second-order valence-electron chi connectivity index (χ2n) is 5.97. The second-order valence-corrected chi connectivity index (χ2v) is 5.97. The van der Waals surface area contributed by atoms with Gasteiger partial charge in [0.25, 0.3) is 5.91 Å². The number of pyridine rings is 1. The van der Waals surface area contributed by atoms with Gasteiger partial charge in [0.05, 0.1) is 18.4 Å². The van der Waals surface area contributed by atoms with Crippen molar-refractivity contribution in [3.8, 4) is 5.75 Å². The van der Waals surface area contributed by atoms with Crippen LogP contribution in [0.5, 0.6) is 5.75 Å². The molecule has 1 aliphatic rings. The van der Waals surface area contributed by atoms with E-state index in [0.717, 1.165) is 30.2 Å². The minimum atomic E-state index is 0.0373. The topological polar surface area (TPSA) is 63.0 Å². The highest BCUT2D eigenvalue weighted by molar-refractivity contribution is 5.94. The Morgan fingerprint density at radius 3 is 2.68 bits per heavy atom. The number of ether oxygens (including phenoxy) is 1. The van der Waals surface area contributed by atoms with E-state index in [4.69, 9.17) is 4.74 Å². The lowest BCUT2D eigenvalue weighted by atomic mass is 10.2. The molecule has 2 aromatic heterocycles. The number of hydrogen-bond acceptors (Lipinski definition) is 5. The summed E-state index contributed by atoms with van der Waals surface area (Å²) in [5, 5.41) is 7.80. The lowest BCUT2D eigenvalue weighted by Crippen LogP contribution is -2.48. The Kier molecular flexibility index (Phi) is 3.97. The number of nitrogens with zero attached hydrogens (tertiary/aromatic N) is 5. The zero-order valence-electron chi connectivity index (χ0n) is 14.0. The summed E-state index contributed by atoms with van der Waals surface area (Å²) in [6.45, 7) is 2.91. The molecule has 0 saturated carbocycles. The minimum absolute atomic E-state index is 0.0373. The Morgan fingerprint density at radius 1 is 1.08 bits per heavy atom. The number of aromatic nitrogens is 3. The molecule has 0 aliphatic carbocycles. The van der Waals surface area contributed by atoms with E-state index in [0.29, 0.717) is 18.7 Å². The van der Waals surface area contributed by atoms with Crippen LogP contribution in [0.1, 0.15) is 10.4 Å². The van der Waals surface area contributed by atoms with Crippen LogP contribution in [-0.2, 0) is 0 Å². The summed E-state index contributed by atoms with van der Waals surface area (Å²) >= 11 is 0. The zero-order chi connectivity index (χ0) is 17.2. The van der Waals surface area contributed by atoms with Crippen molar-refractivity contribution in [2.45, 2.75) is 0 Å². The van der Waals surface area contributed by atoms with Gasteiger partial charge in [-0.15, -0.1) is 10.2 Å². The molecule has 7 nitrogen and oxygen atoms in total. The predicted molar refractivity (Wildman–Crippen MR) is 94.1 cm³/mol. The maximum Gasteiger partial charge on any atom is 0.255 e. The lowest BCUT2D eigenvalue weighted by molar-refractivity contribution is 0.0746. The first kappa shape index (κ1) is 15.4. The summed E-state index contributed by atoms with van der Waals surface area (Å²) in [6, 6.07) is 11.6. The number of anilines is 1. The first-order valence-corrected chi connectivity index (χ1v) is 8.23. The SMILES string of the molecule is COc1ccccc1N1CCN(C(=O)c2ccc3nncn3c2)CC1. The number of fused-ring (bicyclic) bond motifs is 1. The van der Waals surface area contributed by atoms with Gasteiger partial charge in [-0.1, -0.05) is 12.1 Å². The number of benzene rings is 1. The maximum atomic E-state index is 12.8. The van der Waals surface area contributed by atoms with Gasteiger partial charge < -0.3 is 14.5 Å². The molecule has 0 N–H and O–H groups in total. The Hall–Kier alpha value is -3.09. The molecule has 0 radical (unpaired) electrons. The van der Waals surface area contributed by atoms with E-state index in [-0.39, 0.29) is 5.91 Å². The Labute approximate surface area is 145 Å². The predicted octanol–water partition coefficient (Wildman–Crippen LogP) is 1.70. The average Bonchev–Trinajstić information content (AvgIpc) is 3.15. The van der Waals surface area contributed by atoms with E-state index in [1.165, 1.54) is 0 Å². The number of carbonyl (C=O) groups excluding carboxylic acids is 1. The van der Waals surface area contributed by atoms with Crippen molar-refractivity contribution in [2.75, 3.05) is 38.2 Å². The molecule has 0 atom stereocenters. The molecule has 0 spiro atoms. The van der Waals surface area contributed by atoms with Crippen LogP contribution in [-0.4, -0.2) is 58.7 Å². The van der Waals surface area contributed by atoms with E-state index < -0.39 is 0 Å². The molecule has 0 bridgehead atoms. The molecule has 1 amide bonds. The van der Waals surface area contributed by atoms with Gasteiger partial charge in [0.15, 0.2) is 5.65 Å². The van der Waals surface area contributed by atoms with Gasteiger partial charge in [-0.2, -0.15) is 0 Å². The molecule has 25 heavy (non-hydrogen) atoms. The molecule has 1 aromatic carbocycles. The third kappa shape index (κ3) is 2.88. The van der Waals surface area contributed by atoms with Crippen molar-refractivity contribution < 1.29 is 9.53 Å². The van der Waals surface area contributed by atoms with Gasteiger partial charge in [-0.3, -0.25) is 9.20 Å². The first-order valence-electron chi connectivity index (χ1n) is 8.23. The third-order valence-electron chi connectivity index (χ3n) is 4.53. The number of methoxy groups -OCH3 is 1. The molecular weight excluding hydrogens is 318 g/mol. The van der Waals surface area contributed by atoms with Gasteiger partial charge in [-0.05, 0) is 24.3 Å². The molecule has 7 heteroatoms. The standard InChI is InChI=1S/C18H19N5O2/c1-25-16-5-3-2-4-15(16)21-8-10-22(11-9-21)18(24)14-6-7-17-20-19-13-23(17)12-14/h2-7,12-13H,8-11H2,1H3. The van der Waals surface area contributed by atoms with Crippen LogP contribution in [0.3, 0.4) is 0 Å². The van der Waals surface area contributed by atoms with Crippen LogP contribution in [0, 0.1) is 0 Å². The van der Waals surface area contributed by atoms with E-state index in [1.807, 2.05) is 29.2 Å². The quantitative estimate of drug-likeness (QED) is 0.728. The molecule has 4 rings (SSSR count). The maximum absolute atomic E-state index is 12.8. The molecular formula is C18H19N5O2. The van der Waals surface area contributed by atoms with Crippen LogP contribution < -0.4 is 9.64 Å². The first-order chi connectivity index (χ1) is 12.3. The summed E-state index contributed by atoms with van der Waals surface area (Å²) in [7, 11) is 1.68. The molecule has 3 heterocycles. The highest BCUT2D eigenvalue weighted by Gasteiger charge is 2.24. The summed E-state index contributed by atoms with van der Waals surface area (Å²) in [5.74, 6) is 0.899. The highest BCUT2D eigenvalue weighted by atomic mass is 16.5. The van der Waals surface area contributed by atoms with Gasteiger partial charge in [0.2, 0.25) is 0 Å². The van der Waals surface area contributed by atoms with Gasteiger partial charge >= 0.3 is 0 Å². The van der Waals surface area contributed by atoms with Crippen molar-refractivity contribution >= 4 is 17.2 Å². The van der Waals surface area contributed by atoms with Crippen molar-refractivity contribution in [2.24, 2.45) is 0 Å². The van der Waals surface area contributed by atoms with E-state index >= 15 is 0 Å². The molecule has 0 unspecified atom stereocenters.